The van der Waals surface area contributed by atoms with Gasteiger partial charge in [0.2, 0.25) is 5.91 Å². The molecule has 1 unspecified atom stereocenters. The molecule has 0 saturated carbocycles. The van der Waals surface area contributed by atoms with Crippen LogP contribution in [0.1, 0.15) is 5.56 Å². The third-order valence-electron chi connectivity index (χ3n) is 3.39. The topological polar surface area (TPSA) is 46.6 Å². The maximum absolute atomic E-state index is 12.4. The lowest BCUT2D eigenvalue weighted by atomic mass is 10.2. The predicted molar refractivity (Wildman–Crippen MR) is 95.8 cm³/mol. The van der Waals surface area contributed by atoms with E-state index in [1.54, 1.807) is 46.8 Å². The van der Waals surface area contributed by atoms with E-state index in [-0.39, 0.29) is 12.5 Å². The highest BCUT2D eigenvalue weighted by Crippen LogP contribution is 2.20. The smallest absolute Gasteiger partial charge is 0.246 e. The molecule has 2 aromatic rings. The number of carbonyl (C=O) groups excluding carboxylic acids is 1. The standard InChI is InChI=1S/C17H19ClN2O2S/c1-19(12-14-6-4-3-5-7-14)17(21)13-20(23(2)22)16-10-8-15(18)9-11-16/h3-11H,12-13H2,1-2H3. The monoisotopic (exact) mass is 350 g/mol. The Hall–Kier alpha value is -1.69. The number of likely N-dealkylation sites (N-methyl/N-ethyl adjacent to an activating group) is 1. The van der Waals surface area contributed by atoms with Gasteiger partial charge in [0.1, 0.15) is 12.8 Å². The quantitative estimate of drug-likeness (QED) is 0.752. The second-order valence-corrected chi connectivity index (χ2v) is 6.90. The lowest BCUT2D eigenvalue weighted by molar-refractivity contribution is -0.128. The number of hydrogen-bond acceptors (Lipinski definition) is 3. The number of nitrogens with zero attached hydrogens (tertiary/aromatic N) is 2. The minimum absolute atomic E-state index is 0.0497. The second-order valence-electron chi connectivity index (χ2n) is 5.17. The Kier molecular flexibility index (Phi) is 6.33. The normalized spacial score (nSPS) is 11.8. The lowest BCUT2D eigenvalue weighted by Crippen LogP contribution is -2.41. The van der Waals surface area contributed by atoms with Gasteiger partial charge in [-0.15, -0.1) is 0 Å². The fourth-order valence-electron chi connectivity index (χ4n) is 2.13. The third-order valence-corrected chi connectivity index (χ3v) is 4.60. The predicted octanol–water partition coefficient (Wildman–Crippen LogP) is 3.10. The van der Waals surface area contributed by atoms with Crippen molar-refractivity contribution in [1.82, 2.24) is 4.90 Å². The number of carbonyl (C=O) groups is 1. The summed E-state index contributed by atoms with van der Waals surface area (Å²) >= 11 is 4.57. The molecule has 0 spiro atoms. The fraction of sp³-hybridized carbons (Fsp3) is 0.235. The van der Waals surface area contributed by atoms with Gasteiger partial charge in [-0.25, -0.2) is 0 Å². The van der Waals surface area contributed by atoms with Crippen molar-refractivity contribution in [3.8, 4) is 0 Å². The Morgan fingerprint density at radius 2 is 1.74 bits per heavy atom. The first-order valence-corrected chi connectivity index (χ1v) is 9.01. The summed E-state index contributed by atoms with van der Waals surface area (Å²) < 4.78 is 13.5. The SMILES string of the molecule is CN(Cc1ccccc1)C(=O)CN(c1ccc(Cl)cc1)[S+](C)[O-]. The zero-order valence-electron chi connectivity index (χ0n) is 13.1. The van der Waals surface area contributed by atoms with Crippen LogP contribution in [-0.4, -0.2) is 35.2 Å². The van der Waals surface area contributed by atoms with Gasteiger partial charge in [0, 0.05) is 18.6 Å². The minimum atomic E-state index is -1.30. The van der Waals surface area contributed by atoms with Crippen LogP contribution in [0.5, 0.6) is 0 Å². The lowest BCUT2D eigenvalue weighted by Gasteiger charge is -2.26. The molecule has 4 nitrogen and oxygen atoms in total. The van der Waals surface area contributed by atoms with E-state index in [9.17, 15) is 9.35 Å². The summed E-state index contributed by atoms with van der Waals surface area (Å²) in [7, 11) is 1.74. The van der Waals surface area contributed by atoms with Crippen LogP contribution in [0.3, 0.4) is 0 Å². The summed E-state index contributed by atoms with van der Waals surface area (Å²) in [5, 5.41) is 0.600. The van der Waals surface area contributed by atoms with E-state index in [4.69, 9.17) is 11.6 Å². The molecule has 0 N–H and O–H groups in total. The Morgan fingerprint density at radius 1 is 1.13 bits per heavy atom. The summed E-state index contributed by atoms with van der Waals surface area (Å²) in [6.07, 6.45) is 1.55. The van der Waals surface area contributed by atoms with Crippen LogP contribution in [0.4, 0.5) is 5.69 Å². The molecule has 0 saturated heterocycles. The van der Waals surface area contributed by atoms with Gasteiger partial charge in [-0.3, -0.25) is 4.79 Å². The number of benzene rings is 2. The van der Waals surface area contributed by atoms with Crippen LogP contribution in [-0.2, 0) is 22.7 Å². The number of anilines is 1. The molecular formula is C17H19ClN2O2S. The third kappa shape index (κ3) is 5.16. The van der Waals surface area contributed by atoms with E-state index in [0.29, 0.717) is 17.3 Å². The van der Waals surface area contributed by atoms with E-state index in [0.717, 1.165) is 5.56 Å². The first-order chi connectivity index (χ1) is 11.0. The number of rotatable bonds is 6. The van der Waals surface area contributed by atoms with Gasteiger partial charge in [-0.05, 0) is 29.8 Å². The molecule has 0 heterocycles. The van der Waals surface area contributed by atoms with E-state index >= 15 is 0 Å². The summed E-state index contributed by atoms with van der Waals surface area (Å²) in [6, 6.07) is 16.7. The molecule has 0 radical (unpaired) electrons. The maximum atomic E-state index is 12.4. The van der Waals surface area contributed by atoms with Crippen LogP contribution in [0.15, 0.2) is 54.6 Å². The second kappa shape index (κ2) is 8.24. The zero-order valence-corrected chi connectivity index (χ0v) is 14.7. The van der Waals surface area contributed by atoms with Crippen molar-refractivity contribution in [2.75, 3.05) is 24.2 Å². The van der Waals surface area contributed by atoms with Gasteiger partial charge in [-0.2, -0.15) is 4.31 Å². The van der Waals surface area contributed by atoms with Crippen molar-refractivity contribution in [2.45, 2.75) is 6.54 Å². The molecule has 0 aromatic heterocycles. The molecule has 2 aromatic carbocycles. The van der Waals surface area contributed by atoms with Gasteiger partial charge >= 0.3 is 0 Å². The zero-order chi connectivity index (χ0) is 16.8. The molecule has 1 amide bonds. The first-order valence-electron chi connectivity index (χ1n) is 7.12. The van der Waals surface area contributed by atoms with Crippen LogP contribution in [0, 0.1) is 0 Å². The van der Waals surface area contributed by atoms with Crippen molar-refractivity contribution in [3.63, 3.8) is 0 Å². The van der Waals surface area contributed by atoms with Crippen LogP contribution in [0.25, 0.3) is 0 Å². The fourth-order valence-corrected chi connectivity index (χ4v) is 2.96. The van der Waals surface area contributed by atoms with E-state index in [2.05, 4.69) is 0 Å². The van der Waals surface area contributed by atoms with Gasteiger partial charge in [0.25, 0.3) is 0 Å². The summed E-state index contributed by atoms with van der Waals surface area (Å²) in [4.78, 5) is 14.1. The summed E-state index contributed by atoms with van der Waals surface area (Å²) in [5.74, 6) is -0.0981. The molecule has 0 aliphatic heterocycles. The minimum Gasteiger partial charge on any atom is -0.593 e. The highest BCUT2D eigenvalue weighted by molar-refractivity contribution is 7.92. The molecular weight excluding hydrogens is 332 g/mol. The number of amides is 1. The largest absolute Gasteiger partial charge is 0.593 e. The van der Waals surface area contributed by atoms with E-state index in [1.165, 1.54) is 0 Å². The molecule has 0 bridgehead atoms. The molecule has 2 rings (SSSR count). The van der Waals surface area contributed by atoms with Crippen LogP contribution >= 0.6 is 11.6 Å². The van der Waals surface area contributed by atoms with Crippen molar-refractivity contribution in [2.24, 2.45) is 0 Å². The van der Waals surface area contributed by atoms with Crippen molar-refractivity contribution >= 4 is 34.6 Å². The van der Waals surface area contributed by atoms with Crippen molar-refractivity contribution < 1.29 is 9.35 Å². The van der Waals surface area contributed by atoms with Gasteiger partial charge in [0.15, 0.2) is 0 Å². The highest BCUT2D eigenvalue weighted by Gasteiger charge is 2.22. The van der Waals surface area contributed by atoms with Crippen molar-refractivity contribution in [3.05, 3.63) is 65.2 Å². The van der Waals surface area contributed by atoms with E-state index in [1.807, 2.05) is 30.3 Å². The summed E-state index contributed by atoms with van der Waals surface area (Å²) in [6.45, 7) is 0.568. The van der Waals surface area contributed by atoms with Gasteiger partial charge in [-0.1, -0.05) is 41.9 Å². The Balaban J connectivity index is 2.04. The first kappa shape index (κ1) is 17.7. The molecule has 0 aliphatic carbocycles. The Morgan fingerprint density at radius 3 is 2.30 bits per heavy atom. The van der Waals surface area contributed by atoms with Gasteiger partial charge < -0.3 is 9.45 Å². The van der Waals surface area contributed by atoms with Crippen molar-refractivity contribution in [1.29, 1.82) is 0 Å². The maximum Gasteiger partial charge on any atom is 0.246 e. The molecule has 0 aliphatic rings. The van der Waals surface area contributed by atoms with Crippen LogP contribution < -0.4 is 4.31 Å². The summed E-state index contributed by atoms with van der Waals surface area (Å²) in [5.41, 5.74) is 1.76. The molecule has 122 valence electrons. The van der Waals surface area contributed by atoms with E-state index < -0.39 is 11.4 Å². The average molecular weight is 351 g/mol. The number of hydrogen-bond donors (Lipinski definition) is 0. The Labute approximate surface area is 145 Å². The molecule has 1 atom stereocenters. The molecule has 23 heavy (non-hydrogen) atoms. The molecule has 6 heteroatoms. The van der Waals surface area contributed by atoms with Gasteiger partial charge in [0.05, 0.1) is 17.0 Å². The Bertz CT molecular complexity index is 635. The average Bonchev–Trinajstić information content (AvgIpc) is 2.54. The number of halogens is 1. The molecule has 0 fully saturated rings. The van der Waals surface area contributed by atoms with Crippen LogP contribution in [0.2, 0.25) is 5.02 Å². The highest BCUT2D eigenvalue weighted by atomic mass is 35.5.